The summed E-state index contributed by atoms with van der Waals surface area (Å²) in [4.78, 5) is 7.25. The smallest absolute Gasteiger partial charge is 0.433 e. The first-order chi connectivity index (χ1) is 9.45. The highest BCUT2D eigenvalue weighted by atomic mass is 19.4. The normalized spacial score (nSPS) is 13.2. The molecule has 0 unspecified atom stereocenters. The van der Waals surface area contributed by atoms with Crippen molar-refractivity contribution in [2.24, 2.45) is 0 Å². The number of anilines is 1. The fourth-order valence-corrected chi connectivity index (χ4v) is 1.69. The minimum Gasteiger partial charge on any atom is -0.469 e. The number of furan rings is 1. The Morgan fingerprint density at radius 2 is 2.15 bits per heavy atom. The molecule has 0 radical (unpaired) electrons. The standard InChI is InChI=1S/C13H14F3N3O/c1-9(4-5-10-3-2-8-20-10)18-12-17-7-6-11(19-12)13(14,15)16/h2-3,6-9H,4-5H2,1H3,(H,17,18,19)/t9-/m0/s1. The number of aryl methyl sites for hydroxylation is 1. The van der Waals surface area contributed by atoms with E-state index < -0.39 is 11.9 Å². The first-order valence-electron chi connectivity index (χ1n) is 6.14. The van der Waals surface area contributed by atoms with Crippen LogP contribution >= 0.6 is 0 Å². The molecule has 0 aromatic carbocycles. The lowest BCUT2D eigenvalue weighted by atomic mass is 10.1. The van der Waals surface area contributed by atoms with Crippen molar-refractivity contribution in [1.82, 2.24) is 9.97 Å². The average Bonchev–Trinajstić information content (AvgIpc) is 2.89. The number of aromatic nitrogens is 2. The lowest BCUT2D eigenvalue weighted by molar-refractivity contribution is -0.141. The summed E-state index contributed by atoms with van der Waals surface area (Å²) in [5.74, 6) is 0.815. The molecular formula is C13H14F3N3O. The highest BCUT2D eigenvalue weighted by molar-refractivity contribution is 5.27. The quantitative estimate of drug-likeness (QED) is 0.913. The zero-order valence-electron chi connectivity index (χ0n) is 10.8. The molecule has 0 aliphatic carbocycles. The molecule has 1 atom stereocenters. The van der Waals surface area contributed by atoms with Gasteiger partial charge < -0.3 is 9.73 Å². The molecular weight excluding hydrogens is 271 g/mol. The zero-order chi connectivity index (χ0) is 14.6. The third-order valence-electron chi connectivity index (χ3n) is 2.73. The maximum absolute atomic E-state index is 12.5. The van der Waals surface area contributed by atoms with Crippen LogP contribution in [0.5, 0.6) is 0 Å². The van der Waals surface area contributed by atoms with Crippen molar-refractivity contribution in [3.05, 3.63) is 42.1 Å². The van der Waals surface area contributed by atoms with Crippen LogP contribution in [0.2, 0.25) is 0 Å². The molecule has 0 amide bonds. The van der Waals surface area contributed by atoms with E-state index >= 15 is 0 Å². The van der Waals surface area contributed by atoms with Crippen molar-refractivity contribution in [3.8, 4) is 0 Å². The molecule has 0 spiro atoms. The van der Waals surface area contributed by atoms with Gasteiger partial charge in [0.1, 0.15) is 11.5 Å². The third-order valence-corrected chi connectivity index (χ3v) is 2.73. The van der Waals surface area contributed by atoms with Gasteiger partial charge >= 0.3 is 6.18 Å². The van der Waals surface area contributed by atoms with Crippen LogP contribution < -0.4 is 5.32 Å². The zero-order valence-corrected chi connectivity index (χ0v) is 10.8. The van der Waals surface area contributed by atoms with Crippen molar-refractivity contribution < 1.29 is 17.6 Å². The lowest BCUT2D eigenvalue weighted by Crippen LogP contribution is -2.19. The number of halogens is 3. The van der Waals surface area contributed by atoms with Gasteiger partial charge in [-0.1, -0.05) is 0 Å². The van der Waals surface area contributed by atoms with E-state index in [4.69, 9.17) is 4.42 Å². The van der Waals surface area contributed by atoms with Gasteiger partial charge in [-0.2, -0.15) is 13.2 Å². The Morgan fingerprint density at radius 3 is 2.80 bits per heavy atom. The van der Waals surface area contributed by atoms with Crippen LogP contribution in [0.1, 0.15) is 24.8 Å². The summed E-state index contributed by atoms with van der Waals surface area (Å²) in [7, 11) is 0. The Bertz CT molecular complexity index is 540. The third kappa shape index (κ3) is 3.97. The number of alkyl halides is 3. The summed E-state index contributed by atoms with van der Waals surface area (Å²) in [5.41, 5.74) is -0.951. The van der Waals surface area contributed by atoms with E-state index in [0.717, 1.165) is 18.0 Å². The Balaban J connectivity index is 1.92. The molecule has 108 valence electrons. The van der Waals surface area contributed by atoms with E-state index in [-0.39, 0.29) is 12.0 Å². The van der Waals surface area contributed by atoms with Gasteiger partial charge in [-0.15, -0.1) is 0 Å². The highest BCUT2D eigenvalue weighted by Gasteiger charge is 2.32. The molecule has 0 fully saturated rings. The molecule has 0 aliphatic rings. The second kappa shape index (κ2) is 5.94. The summed E-state index contributed by atoms with van der Waals surface area (Å²) >= 11 is 0. The summed E-state index contributed by atoms with van der Waals surface area (Å²) < 4.78 is 42.7. The molecule has 0 aliphatic heterocycles. The Kier molecular flexibility index (Phi) is 4.26. The number of nitrogens with zero attached hydrogens (tertiary/aromatic N) is 2. The molecule has 2 aromatic heterocycles. The van der Waals surface area contributed by atoms with Gasteiger partial charge in [0.25, 0.3) is 0 Å². The molecule has 2 rings (SSSR count). The second-order valence-corrected chi connectivity index (χ2v) is 4.43. The predicted molar refractivity (Wildman–Crippen MR) is 67.1 cm³/mol. The largest absolute Gasteiger partial charge is 0.469 e. The van der Waals surface area contributed by atoms with Crippen LogP contribution in [0.25, 0.3) is 0 Å². The number of nitrogens with one attached hydrogen (secondary N) is 1. The summed E-state index contributed by atoms with van der Waals surface area (Å²) in [5, 5.41) is 2.85. The van der Waals surface area contributed by atoms with Gasteiger partial charge in [0.15, 0.2) is 0 Å². The van der Waals surface area contributed by atoms with Crippen LogP contribution in [-0.4, -0.2) is 16.0 Å². The van der Waals surface area contributed by atoms with Crippen molar-refractivity contribution in [2.75, 3.05) is 5.32 Å². The Labute approximate surface area is 114 Å². The molecule has 20 heavy (non-hydrogen) atoms. The Morgan fingerprint density at radius 1 is 1.35 bits per heavy atom. The summed E-state index contributed by atoms with van der Waals surface area (Å²) in [6.45, 7) is 1.85. The minimum absolute atomic E-state index is 0.0215. The fraction of sp³-hybridized carbons (Fsp3) is 0.385. The maximum Gasteiger partial charge on any atom is 0.433 e. The molecule has 1 N–H and O–H groups in total. The van der Waals surface area contributed by atoms with E-state index in [1.54, 1.807) is 12.3 Å². The van der Waals surface area contributed by atoms with Crippen LogP contribution in [0.3, 0.4) is 0 Å². The van der Waals surface area contributed by atoms with Gasteiger partial charge in [0, 0.05) is 18.7 Å². The molecule has 2 aromatic rings. The van der Waals surface area contributed by atoms with Gasteiger partial charge in [0.2, 0.25) is 5.95 Å². The lowest BCUT2D eigenvalue weighted by Gasteiger charge is -2.14. The van der Waals surface area contributed by atoms with Crippen molar-refractivity contribution in [1.29, 1.82) is 0 Å². The Hall–Kier alpha value is -2.05. The average molecular weight is 285 g/mol. The molecule has 0 bridgehead atoms. The number of rotatable bonds is 5. The maximum atomic E-state index is 12.5. The van der Waals surface area contributed by atoms with E-state index in [1.165, 1.54) is 0 Å². The van der Waals surface area contributed by atoms with Crippen LogP contribution in [0, 0.1) is 0 Å². The number of hydrogen-bond donors (Lipinski definition) is 1. The monoisotopic (exact) mass is 285 g/mol. The SMILES string of the molecule is C[C@@H](CCc1ccco1)Nc1nccc(C(F)(F)F)n1. The molecule has 0 saturated heterocycles. The second-order valence-electron chi connectivity index (χ2n) is 4.43. The minimum atomic E-state index is -4.46. The van der Waals surface area contributed by atoms with Crippen molar-refractivity contribution in [2.45, 2.75) is 32.0 Å². The number of hydrogen-bond acceptors (Lipinski definition) is 4. The van der Waals surface area contributed by atoms with E-state index in [1.807, 2.05) is 13.0 Å². The fourth-order valence-electron chi connectivity index (χ4n) is 1.69. The van der Waals surface area contributed by atoms with Crippen LogP contribution in [-0.2, 0) is 12.6 Å². The van der Waals surface area contributed by atoms with Crippen molar-refractivity contribution in [3.63, 3.8) is 0 Å². The molecule has 0 saturated carbocycles. The van der Waals surface area contributed by atoms with E-state index in [9.17, 15) is 13.2 Å². The van der Waals surface area contributed by atoms with Gasteiger partial charge in [-0.25, -0.2) is 9.97 Å². The van der Waals surface area contributed by atoms with Gasteiger partial charge in [-0.3, -0.25) is 0 Å². The summed E-state index contributed by atoms with van der Waals surface area (Å²) in [6, 6.07) is 4.43. The first kappa shape index (κ1) is 14.4. The molecule has 4 nitrogen and oxygen atoms in total. The highest BCUT2D eigenvalue weighted by Crippen LogP contribution is 2.27. The first-order valence-corrected chi connectivity index (χ1v) is 6.14. The van der Waals surface area contributed by atoms with E-state index in [0.29, 0.717) is 12.8 Å². The van der Waals surface area contributed by atoms with E-state index in [2.05, 4.69) is 15.3 Å². The molecule has 7 heteroatoms. The predicted octanol–water partition coefficient (Wildman–Crippen LogP) is 3.52. The van der Waals surface area contributed by atoms with Crippen molar-refractivity contribution >= 4 is 5.95 Å². The van der Waals surface area contributed by atoms with Gasteiger partial charge in [-0.05, 0) is 31.5 Å². The topological polar surface area (TPSA) is 51.0 Å². The van der Waals surface area contributed by atoms with Crippen LogP contribution in [0.15, 0.2) is 35.1 Å². The van der Waals surface area contributed by atoms with Gasteiger partial charge in [0.05, 0.1) is 6.26 Å². The van der Waals surface area contributed by atoms with Crippen LogP contribution in [0.4, 0.5) is 19.1 Å². The molecule has 2 heterocycles. The summed E-state index contributed by atoms with van der Waals surface area (Å²) in [6.07, 6.45) is -0.384.